The lowest BCUT2D eigenvalue weighted by molar-refractivity contribution is 0.143. The predicted molar refractivity (Wildman–Crippen MR) is 119 cm³/mol. The van der Waals surface area contributed by atoms with Gasteiger partial charge in [-0.2, -0.15) is 0 Å². The summed E-state index contributed by atoms with van der Waals surface area (Å²) < 4.78 is 47.2. The van der Waals surface area contributed by atoms with E-state index in [4.69, 9.17) is 13.9 Å². The highest BCUT2D eigenvalue weighted by atomic mass is 19.1. The predicted octanol–water partition coefficient (Wildman–Crippen LogP) is 3.24. The number of nitrogens with zero attached hydrogens (tertiary/aromatic N) is 3. The maximum Gasteiger partial charge on any atom is 0.519 e. The molecule has 12 heteroatoms. The van der Waals surface area contributed by atoms with Crippen molar-refractivity contribution in [3.05, 3.63) is 56.3 Å². The highest BCUT2D eigenvalue weighted by Crippen LogP contribution is 2.40. The standard InChI is InChI=1S/C23H23F2N3O7/c1-11-8-27(6-5-26(11)9-16-12(2)33-23(32)35-16)20-15(24)7-14-19(18(20)25)28(13-3-4-13)10-17(21(14)29)34-22(30)31/h7,10-11,13H,3-6,8-9H2,1-2H3,(H,30,31). The van der Waals surface area contributed by atoms with Gasteiger partial charge in [0, 0.05) is 31.7 Å². The third kappa shape index (κ3) is 4.18. The molecule has 5 rings (SSSR count). The molecule has 0 bridgehead atoms. The fourth-order valence-corrected chi connectivity index (χ4v) is 4.64. The molecule has 0 spiro atoms. The Balaban J connectivity index is 1.50. The first-order valence-electron chi connectivity index (χ1n) is 11.2. The van der Waals surface area contributed by atoms with Crippen molar-refractivity contribution >= 4 is 22.7 Å². The van der Waals surface area contributed by atoms with Crippen molar-refractivity contribution in [3.63, 3.8) is 0 Å². The molecule has 1 atom stereocenters. The topological polar surface area (TPSA) is 118 Å². The highest BCUT2D eigenvalue weighted by molar-refractivity contribution is 5.86. The van der Waals surface area contributed by atoms with E-state index >= 15 is 8.78 Å². The summed E-state index contributed by atoms with van der Waals surface area (Å²) in [6.45, 7) is 4.86. The number of ether oxygens (including phenoxy) is 1. The first kappa shape index (κ1) is 23.1. The van der Waals surface area contributed by atoms with Crippen LogP contribution in [-0.4, -0.2) is 46.4 Å². The van der Waals surface area contributed by atoms with Crippen LogP contribution in [0.2, 0.25) is 0 Å². The van der Waals surface area contributed by atoms with Gasteiger partial charge in [-0.3, -0.25) is 9.69 Å². The van der Waals surface area contributed by atoms with E-state index in [0.29, 0.717) is 31.2 Å². The molecule has 1 aromatic carbocycles. The molecule has 1 unspecified atom stereocenters. The molecule has 0 radical (unpaired) electrons. The van der Waals surface area contributed by atoms with E-state index in [9.17, 15) is 14.4 Å². The van der Waals surface area contributed by atoms with Crippen LogP contribution in [0.5, 0.6) is 5.75 Å². The number of anilines is 1. The lowest BCUT2D eigenvalue weighted by Gasteiger charge is -2.40. The van der Waals surface area contributed by atoms with E-state index in [2.05, 4.69) is 4.74 Å². The zero-order valence-electron chi connectivity index (χ0n) is 19.0. The van der Waals surface area contributed by atoms with Gasteiger partial charge in [0.25, 0.3) is 0 Å². The van der Waals surface area contributed by atoms with Crippen LogP contribution in [0.15, 0.2) is 30.7 Å². The molecule has 2 aliphatic rings. The molecule has 186 valence electrons. The van der Waals surface area contributed by atoms with E-state index in [0.717, 1.165) is 18.9 Å². The minimum Gasteiger partial charge on any atom is -0.449 e. The molecule has 1 aliphatic carbocycles. The number of pyridine rings is 1. The zero-order valence-corrected chi connectivity index (χ0v) is 19.0. The Morgan fingerprint density at radius 3 is 2.57 bits per heavy atom. The van der Waals surface area contributed by atoms with Gasteiger partial charge in [0.1, 0.15) is 17.3 Å². The molecule has 0 amide bonds. The van der Waals surface area contributed by atoms with Gasteiger partial charge in [0.15, 0.2) is 17.3 Å². The van der Waals surface area contributed by atoms with Gasteiger partial charge in [-0.25, -0.2) is 18.4 Å². The second-order valence-corrected chi connectivity index (χ2v) is 8.95. The fourth-order valence-electron chi connectivity index (χ4n) is 4.64. The van der Waals surface area contributed by atoms with E-state index in [1.165, 1.54) is 10.8 Å². The first-order chi connectivity index (χ1) is 16.6. The van der Waals surface area contributed by atoms with Gasteiger partial charge in [-0.15, -0.1) is 0 Å². The molecule has 2 fully saturated rings. The van der Waals surface area contributed by atoms with Crippen molar-refractivity contribution in [1.29, 1.82) is 0 Å². The van der Waals surface area contributed by atoms with Gasteiger partial charge < -0.3 is 28.1 Å². The van der Waals surface area contributed by atoms with Crippen LogP contribution >= 0.6 is 0 Å². The monoisotopic (exact) mass is 491 g/mol. The Kier molecular flexibility index (Phi) is 5.62. The summed E-state index contributed by atoms with van der Waals surface area (Å²) in [7, 11) is 0. The molecule has 3 heterocycles. The number of halogens is 2. The van der Waals surface area contributed by atoms with Crippen molar-refractivity contribution < 1.29 is 32.3 Å². The fraction of sp³-hybridized carbons (Fsp3) is 0.435. The van der Waals surface area contributed by atoms with Crippen molar-refractivity contribution in [1.82, 2.24) is 9.47 Å². The number of carbonyl (C=O) groups is 1. The second kappa shape index (κ2) is 8.52. The quantitative estimate of drug-likeness (QED) is 0.537. The molecule has 1 aliphatic heterocycles. The summed E-state index contributed by atoms with van der Waals surface area (Å²) in [6.07, 6.45) is 0.937. The number of fused-ring (bicyclic) bond motifs is 1. The number of rotatable bonds is 5. The summed E-state index contributed by atoms with van der Waals surface area (Å²) >= 11 is 0. The van der Waals surface area contributed by atoms with Gasteiger partial charge in [-0.05, 0) is 32.8 Å². The molecule has 3 aromatic rings. The van der Waals surface area contributed by atoms with Crippen LogP contribution in [0.1, 0.15) is 37.3 Å². The van der Waals surface area contributed by atoms with Crippen LogP contribution in [0, 0.1) is 18.6 Å². The van der Waals surface area contributed by atoms with E-state index in [-0.39, 0.29) is 35.2 Å². The van der Waals surface area contributed by atoms with Crippen molar-refractivity contribution in [2.75, 3.05) is 24.5 Å². The second-order valence-electron chi connectivity index (χ2n) is 8.95. The molecule has 1 saturated carbocycles. The number of aromatic nitrogens is 1. The van der Waals surface area contributed by atoms with Crippen molar-refractivity contribution in [3.8, 4) is 5.75 Å². The van der Waals surface area contributed by atoms with E-state index in [1.807, 2.05) is 11.8 Å². The van der Waals surface area contributed by atoms with Crippen molar-refractivity contribution in [2.24, 2.45) is 0 Å². The lowest BCUT2D eigenvalue weighted by atomic mass is 10.1. The maximum atomic E-state index is 15.9. The Hall–Kier alpha value is -3.67. The third-order valence-electron chi connectivity index (χ3n) is 6.55. The minimum atomic E-state index is -1.68. The van der Waals surface area contributed by atoms with Gasteiger partial charge in [0.2, 0.25) is 5.43 Å². The van der Waals surface area contributed by atoms with Gasteiger partial charge in [0.05, 0.1) is 23.6 Å². The Bertz CT molecular complexity index is 1440. The Labute approximate surface area is 196 Å². The van der Waals surface area contributed by atoms with Crippen LogP contribution in [0.4, 0.5) is 19.3 Å². The lowest BCUT2D eigenvalue weighted by Crippen LogP contribution is -2.52. The van der Waals surface area contributed by atoms with Gasteiger partial charge in [-0.1, -0.05) is 0 Å². The first-order valence-corrected chi connectivity index (χ1v) is 11.2. The third-order valence-corrected chi connectivity index (χ3v) is 6.55. The molecule has 35 heavy (non-hydrogen) atoms. The number of carboxylic acid groups (broad SMARTS) is 1. The zero-order chi connectivity index (χ0) is 25.0. The molecule has 1 saturated heterocycles. The largest absolute Gasteiger partial charge is 0.519 e. The minimum absolute atomic E-state index is 0.0717. The van der Waals surface area contributed by atoms with E-state index < -0.39 is 34.8 Å². The number of hydrogen-bond acceptors (Lipinski definition) is 8. The maximum absolute atomic E-state index is 15.9. The number of benzene rings is 1. The summed E-state index contributed by atoms with van der Waals surface area (Å²) in [4.78, 5) is 38.7. The number of aryl methyl sites for hydroxylation is 1. The normalized spacial score (nSPS) is 18.9. The SMILES string of the molecule is Cc1oc(=O)oc1CN1CCN(c2c(F)cc3c(=O)c(OC(=O)O)cn(C4CC4)c3c2F)CC1C. The summed E-state index contributed by atoms with van der Waals surface area (Å²) in [5, 5.41) is 8.66. The molecular weight excluding hydrogens is 468 g/mol. The molecule has 10 nitrogen and oxygen atoms in total. The average molecular weight is 491 g/mol. The molecule has 2 aromatic heterocycles. The molecular formula is C23H23F2N3O7. The highest BCUT2D eigenvalue weighted by Gasteiger charge is 2.33. The average Bonchev–Trinajstić information content (AvgIpc) is 3.57. The van der Waals surface area contributed by atoms with Crippen LogP contribution < -0.4 is 20.9 Å². The Morgan fingerprint density at radius 1 is 1.23 bits per heavy atom. The van der Waals surface area contributed by atoms with Crippen LogP contribution in [-0.2, 0) is 6.54 Å². The summed E-state index contributed by atoms with van der Waals surface area (Å²) in [6, 6.07) is 0.671. The number of hydrogen-bond donors (Lipinski definition) is 1. The van der Waals surface area contributed by atoms with Crippen LogP contribution in [0.25, 0.3) is 10.9 Å². The smallest absolute Gasteiger partial charge is 0.449 e. The van der Waals surface area contributed by atoms with Crippen molar-refractivity contribution in [2.45, 2.75) is 45.3 Å². The molecule has 1 N–H and O–H groups in total. The number of piperazine rings is 1. The van der Waals surface area contributed by atoms with Gasteiger partial charge >= 0.3 is 12.0 Å². The Morgan fingerprint density at radius 2 is 1.97 bits per heavy atom. The summed E-state index contributed by atoms with van der Waals surface area (Å²) in [5.41, 5.74) is -1.20. The summed E-state index contributed by atoms with van der Waals surface area (Å²) in [5.74, 6) is -2.26. The van der Waals surface area contributed by atoms with Crippen LogP contribution in [0.3, 0.4) is 0 Å². The van der Waals surface area contributed by atoms with E-state index in [1.54, 1.807) is 11.8 Å².